The molecule has 7 heteroatoms. The molecule has 0 saturated carbocycles. The zero-order chi connectivity index (χ0) is 27.2. The van der Waals surface area contributed by atoms with Crippen molar-refractivity contribution in [3.8, 4) is 5.75 Å². The van der Waals surface area contributed by atoms with Crippen LogP contribution in [-0.4, -0.2) is 30.0 Å². The average molecular weight is 556 g/mol. The number of aliphatic hydroxyl groups is 1. The highest BCUT2D eigenvalue weighted by atomic mass is 35.5. The van der Waals surface area contributed by atoms with Crippen molar-refractivity contribution in [2.24, 2.45) is 0 Å². The van der Waals surface area contributed by atoms with E-state index in [1.807, 2.05) is 68.4 Å². The summed E-state index contributed by atoms with van der Waals surface area (Å²) < 4.78 is 11.2. The first-order valence-electron chi connectivity index (χ1n) is 13.3. The minimum Gasteiger partial charge on any atom is -0.489 e. The molecular formula is C31H38ClNO4S. The van der Waals surface area contributed by atoms with Gasteiger partial charge in [-0.3, -0.25) is 0 Å². The largest absolute Gasteiger partial charge is 0.489 e. The van der Waals surface area contributed by atoms with Crippen LogP contribution < -0.4 is 10.1 Å². The Labute approximate surface area is 235 Å². The number of alkyl carbamates (subject to hydrolysis) is 1. The fraction of sp³-hybridized carbons (Fsp3) is 0.387. The molecule has 3 rings (SSSR count). The first-order chi connectivity index (χ1) is 18.5. The summed E-state index contributed by atoms with van der Waals surface area (Å²) in [5.41, 5.74) is 1.48. The number of halogens is 1. The van der Waals surface area contributed by atoms with E-state index in [-0.39, 0.29) is 6.61 Å². The quantitative estimate of drug-likeness (QED) is 0.186. The Balaban J connectivity index is 1.53. The van der Waals surface area contributed by atoms with E-state index in [0.29, 0.717) is 31.1 Å². The van der Waals surface area contributed by atoms with Gasteiger partial charge in [-0.2, -0.15) is 0 Å². The Kier molecular flexibility index (Phi) is 12.3. The number of rotatable bonds is 15. The Morgan fingerprint density at radius 1 is 1.00 bits per heavy atom. The Morgan fingerprint density at radius 2 is 1.79 bits per heavy atom. The van der Waals surface area contributed by atoms with Gasteiger partial charge in [-0.05, 0) is 73.6 Å². The zero-order valence-corrected chi connectivity index (χ0v) is 23.8. The Morgan fingerprint density at radius 3 is 2.50 bits per heavy atom. The number of amides is 1. The number of aliphatic hydroxyl groups excluding tert-OH is 1. The topological polar surface area (TPSA) is 67.8 Å². The highest BCUT2D eigenvalue weighted by Crippen LogP contribution is 2.33. The smallest absolute Gasteiger partial charge is 0.407 e. The van der Waals surface area contributed by atoms with E-state index in [1.165, 1.54) is 0 Å². The van der Waals surface area contributed by atoms with Crippen LogP contribution in [0.3, 0.4) is 0 Å². The Hall–Kier alpha value is -2.67. The lowest BCUT2D eigenvalue weighted by Crippen LogP contribution is -2.51. The molecular weight excluding hydrogens is 518 g/mol. The van der Waals surface area contributed by atoms with E-state index < -0.39 is 11.6 Å². The maximum absolute atomic E-state index is 12.2. The van der Waals surface area contributed by atoms with E-state index in [9.17, 15) is 9.90 Å². The summed E-state index contributed by atoms with van der Waals surface area (Å²) in [5, 5.41) is 13.6. The van der Waals surface area contributed by atoms with Gasteiger partial charge >= 0.3 is 6.09 Å². The molecule has 0 aliphatic rings. The lowest BCUT2D eigenvalue weighted by atomic mass is 9.89. The van der Waals surface area contributed by atoms with E-state index in [4.69, 9.17) is 21.1 Å². The molecule has 1 amide bonds. The third-order valence-corrected chi connectivity index (χ3v) is 7.82. The van der Waals surface area contributed by atoms with Gasteiger partial charge in [0.05, 0.1) is 18.8 Å². The van der Waals surface area contributed by atoms with Crippen LogP contribution in [0, 0.1) is 0 Å². The number of benzene rings is 3. The molecule has 0 saturated heterocycles. The molecule has 38 heavy (non-hydrogen) atoms. The Bertz CT molecular complexity index is 1140. The van der Waals surface area contributed by atoms with Crippen LogP contribution in [0.1, 0.15) is 57.1 Å². The van der Waals surface area contributed by atoms with Gasteiger partial charge in [-0.15, -0.1) is 0 Å². The molecule has 0 heterocycles. The van der Waals surface area contributed by atoms with Gasteiger partial charge < -0.3 is 19.9 Å². The van der Waals surface area contributed by atoms with Crippen LogP contribution in [0.5, 0.6) is 5.75 Å². The fourth-order valence-electron chi connectivity index (χ4n) is 4.04. The maximum Gasteiger partial charge on any atom is 0.407 e. The molecule has 0 radical (unpaired) electrons. The van der Waals surface area contributed by atoms with Gasteiger partial charge in [0.1, 0.15) is 12.4 Å². The van der Waals surface area contributed by atoms with Gasteiger partial charge in [0.2, 0.25) is 0 Å². The van der Waals surface area contributed by atoms with Gasteiger partial charge in [-0.25, -0.2) is 4.79 Å². The fourth-order valence-corrected chi connectivity index (χ4v) is 5.28. The SMILES string of the molecule is CCCCOC(=O)NC(CC)(CO)CCCc1ccc(Sc2cccc(OCc3ccccc3)c2)cc1Cl. The van der Waals surface area contributed by atoms with Crippen molar-refractivity contribution in [3.63, 3.8) is 0 Å². The summed E-state index contributed by atoms with van der Waals surface area (Å²) in [6.07, 6.45) is 4.08. The predicted octanol–water partition coefficient (Wildman–Crippen LogP) is 8.06. The average Bonchev–Trinajstić information content (AvgIpc) is 2.93. The highest BCUT2D eigenvalue weighted by molar-refractivity contribution is 7.99. The summed E-state index contributed by atoms with van der Waals surface area (Å²) in [4.78, 5) is 14.3. The number of unbranched alkanes of at least 4 members (excludes halogenated alkanes) is 1. The molecule has 1 atom stereocenters. The van der Waals surface area contributed by atoms with E-state index >= 15 is 0 Å². The predicted molar refractivity (Wildman–Crippen MR) is 155 cm³/mol. The van der Waals surface area contributed by atoms with Crippen molar-refractivity contribution in [3.05, 3.63) is 88.9 Å². The number of nitrogens with one attached hydrogen (secondary N) is 1. The van der Waals surface area contributed by atoms with Crippen molar-refractivity contribution in [1.82, 2.24) is 5.32 Å². The molecule has 0 spiro atoms. The van der Waals surface area contributed by atoms with Gasteiger partial charge in [-0.1, -0.05) is 86.1 Å². The maximum atomic E-state index is 12.2. The summed E-state index contributed by atoms with van der Waals surface area (Å²) in [7, 11) is 0. The van der Waals surface area contributed by atoms with Crippen LogP contribution in [0.15, 0.2) is 82.6 Å². The number of carbonyl (C=O) groups is 1. The summed E-state index contributed by atoms with van der Waals surface area (Å²) in [6.45, 7) is 4.79. The van der Waals surface area contributed by atoms with Crippen LogP contribution in [0.4, 0.5) is 4.79 Å². The second kappa shape index (κ2) is 15.7. The van der Waals surface area contributed by atoms with Gasteiger partial charge in [0.25, 0.3) is 0 Å². The van der Waals surface area contributed by atoms with Crippen LogP contribution >= 0.6 is 23.4 Å². The minimum absolute atomic E-state index is 0.135. The van der Waals surface area contributed by atoms with Crippen LogP contribution in [0.2, 0.25) is 5.02 Å². The highest BCUT2D eigenvalue weighted by Gasteiger charge is 2.29. The molecule has 0 aliphatic carbocycles. The molecule has 3 aromatic carbocycles. The molecule has 0 aromatic heterocycles. The van der Waals surface area contributed by atoms with Crippen molar-refractivity contribution in [2.45, 2.75) is 74.3 Å². The van der Waals surface area contributed by atoms with Crippen molar-refractivity contribution < 1.29 is 19.4 Å². The first kappa shape index (κ1) is 29.9. The monoisotopic (exact) mass is 555 g/mol. The third-order valence-electron chi connectivity index (χ3n) is 6.49. The summed E-state index contributed by atoms with van der Waals surface area (Å²) >= 11 is 8.28. The molecule has 2 N–H and O–H groups in total. The number of hydrogen-bond acceptors (Lipinski definition) is 5. The van der Waals surface area contributed by atoms with Crippen LogP contribution in [0.25, 0.3) is 0 Å². The zero-order valence-electron chi connectivity index (χ0n) is 22.3. The van der Waals surface area contributed by atoms with Crippen molar-refractivity contribution in [1.29, 1.82) is 0 Å². The molecule has 3 aromatic rings. The molecule has 204 valence electrons. The second-order valence-electron chi connectivity index (χ2n) is 9.36. The van der Waals surface area contributed by atoms with E-state index in [1.54, 1.807) is 11.8 Å². The van der Waals surface area contributed by atoms with Crippen molar-refractivity contribution >= 4 is 29.5 Å². The lowest BCUT2D eigenvalue weighted by Gasteiger charge is -2.31. The van der Waals surface area contributed by atoms with E-state index in [2.05, 4.69) is 23.5 Å². The van der Waals surface area contributed by atoms with E-state index in [0.717, 1.165) is 52.4 Å². The van der Waals surface area contributed by atoms with Gasteiger partial charge in [0.15, 0.2) is 0 Å². The minimum atomic E-state index is -0.695. The number of ether oxygens (including phenoxy) is 2. The second-order valence-corrected chi connectivity index (χ2v) is 10.9. The number of hydrogen-bond donors (Lipinski definition) is 2. The molecule has 0 fully saturated rings. The summed E-state index contributed by atoms with van der Waals surface area (Å²) in [6, 6.07) is 24.3. The number of carbonyl (C=O) groups excluding carboxylic acids is 1. The number of aryl methyl sites for hydroxylation is 1. The van der Waals surface area contributed by atoms with Crippen LogP contribution in [-0.2, 0) is 17.8 Å². The molecule has 1 unspecified atom stereocenters. The summed E-state index contributed by atoms with van der Waals surface area (Å²) in [5.74, 6) is 0.827. The normalized spacial score (nSPS) is 12.5. The van der Waals surface area contributed by atoms with Crippen molar-refractivity contribution in [2.75, 3.05) is 13.2 Å². The standard InChI is InChI=1S/C31H38ClNO4S/c1-3-5-19-36-30(35)33-31(4-2,23-34)18-10-13-25-16-17-28(21-29(25)32)38-27-15-9-14-26(20-27)37-22-24-11-7-6-8-12-24/h6-9,11-12,14-17,20-21,34H,3-5,10,13,18-19,22-23H2,1-2H3,(H,33,35). The first-order valence-corrected chi connectivity index (χ1v) is 14.4. The van der Waals surface area contributed by atoms with Gasteiger partial charge in [0, 0.05) is 14.8 Å². The molecule has 0 bridgehead atoms. The lowest BCUT2D eigenvalue weighted by molar-refractivity contribution is 0.103. The third kappa shape index (κ3) is 9.57. The molecule has 0 aliphatic heterocycles. The molecule has 5 nitrogen and oxygen atoms in total.